The van der Waals surface area contributed by atoms with E-state index < -0.39 is 0 Å². The molecule has 0 aliphatic heterocycles. The monoisotopic (exact) mass is 240 g/mol. The number of rotatable bonds is 10. The summed E-state index contributed by atoms with van der Waals surface area (Å²) in [5.74, 6) is 1.07. The van der Waals surface area contributed by atoms with Crippen molar-refractivity contribution in [2.24, 2.45) is 5.92 Å². The average molecular weight is 240 g/mol. The minimum Gasteiger partial charge on any atom is -0.355 e. The Kier molecular flexibility index (Phi) is 7.25. The van der Waals surface area contributed by atoms with Crippen LogP contribution in [0.5, 0.6) is 0 Å². The van der Waals surface area contributed by atoms with E-state index in [9.17, 15) is 4.79 Å². The first-order chi connectivity index (χ1) is 8.26. The molecule has 1 saturated carbocycles. The van der Waals surface area contributed by atoms with Crippen LogP contribution < -0.4 is 5.32 Å². The van der Waals surface area contributed by atoms with Crippen LogP contribution in [0.1, 0.15) is 52.4 Å². The van der Waals surface area contributed by atoms with Gasteiger partial charge < -0.3 is 5.32 Å². The van der Waals surface area contributed by atoms with E-state index in [-0.39, 0.29) is 5.91 Å². The highest BCUT2D eigenvalue weighted by Gasteiger charge is 2.24. The fourth-order valence-electron chi connectivity index (χ4n) is 2.08. The fraction of sp³-hybridized carbons (Fsp3) is 0.929. The topological polar surface area (TPSA) is 32.3 Å². The molecule has 3 heteroatoms. The third-order valence-corrected chi connectivity index (χ3v) is 3.22. The highest BCUT2D eigenvalue weighted by Crippen LogP contribution is 2.29. The lowest BCUT2D eigenvalue weighted by Crippen LogP contribution is -2.39. The summed E-state index contributed by atoms with van der Waals surface area (Å²) in [6.45, 7) is 7.97. The first-order valence-corrected chi connectivity index (χ1v) is 7.25. The highest BCUT2D eigenvalue weighted by molar-refractivity contribution is 5.77. The number of carbonyl (C=O) groups excluding carboxylic acids is 1. The maximum Gasteiger partial charge on any atom is 0.234 e. The molecule has 0 bridgehead atoms. The third-order valence-electron chi connectivity index (χ3n) is 3.22. The van der Waals surface area contributed by atoms with Gasteiger partial charge in [0.15, 0.2) is 0 Å². The molecule has 0 radical (unpaired) electrons. The molecule has 1 aliphatic rings. The maximum atomic E-state index is 11.7. The van der Waals surface area contributed by atoms with E-state index in [4.69, 9.17) is 0 Å². The van der Waals surface area contributed by atoms with E-state index in [0.29, 0.717) is 6.54 Å². The summed E-state index contributed by atoms with van der Waals surface area (Å²) in [6.07, 6.45) is 7.38. The number of hydrogen-bond donors (Lipinski definition) is 1. The second kappa shape index (κ2) is 8.51. The van der Waals surface area contributed by atoms with Crippen molar-refractivity contribution in [2.75, 3.05) is 26.2 Å². The minimum absolute atomic E-state index is 0.204. The Bertz CT molecular complexity index is 214. The van der Waals surface area contributed by atoms with Gasteiger partial charge in [0.2, 0.25) is 5.91 Å². The lowest BCUT2D eigenvalue weighted by molar-refractivity contribution is -0.122. The summed E-state index contributed by atoms with van der Waals surface area (Å²) >= 11 is 0. The molecule has 1 N–H and O–H groups in total. The number of nitrogens with zero attached hydrogens (tertiary/aromatic N) is 1. The van der Waals surface area contributed by atoms with Gasteiger partial charge in [-0.25, -0.2) is 0 Å². The Hall–Kier alpha value is -0.570. The minimum atomic E-state index is 0.204. The lowest BCUT2D eigenvalue weighted by Gasteiger charge is -2.20. The molecule has 1 rings (SSSR count). The van der Waals surface area contributed by atoms with Crippen LogP contribution in [0.15, 0.2) is 0 Å². The van der Waals surface area contributed by atoms with Gasteiger partial charge in [0.25, 0.3) is 0 Å². The highest BCUT2D eigenvalue weighted by atomic mass is 16.2. The zero-order valence-corrected chi connectivity index (χ0v) is 11.5. The molecule has 1 amide bonds. The normalized spacial score (nSPS) is 15.2. The molecule has 0 heterocycles. The van der Waals surface area contributed by atoms with Crippen molar-refractivity contribution >= 4 is 5.91 Å². The van der Waals surface area contributed by atoms with E-state index >= 15 is 0 Å². The summed E-state index contributed by atoms with van der Waals surface area (Å²) < 4.78 is 0. The van der Waals surface area contributed by atoms with Gasteiger partial charge in [-0.1, -0.05) is 26.7 Å². The van der Waals surface area contributed by atoms with E-state index in [1.54, 1.807) is 0 Å². The predicted octanol–water partition coefficient (Wildman–Crippen LogP) is 2.41. The molecule has 0 unspecified atom stereocenters. The molecule has 1 aliphatic carbocycles. The van der Waals surface area contributed by atoms with Crippen molar-refractivity contribution in [3.63, 3.8) is 0 Å². The van der Waals surface area contributed by atoms with Crippen LogP contribution in [0, 0.1) is 5.92 Å². The van der Waals surface area contributed by atoms with Crippen molar-refractivity contribution < 1.29 is 4.79 Å². The quantitative estimate of drug-likeness (QED) is 0.595. The Labute approximate surface area is 106 Å². The van der Waals surface area contributed by atoms with Crippen LogP contribution in [0.4, 0.5) is 0 Å². The van der Waals surface area contributed by atoms with Crippen LogP contribution in [-0.4, -0.2) is 37.0 Å². The van der Waals surface area contributed by atoms with Crippen LogP contribution in [0.2, 0.25) is 0 Å². The second-order valence-corrected chi connectivity index (χ2v) is 5.24. The van der Waals surface area contributed by atoms with Crippen LogP contribution in [0.3, 0.4) is 0 Å². The summed E-state index contributed by atoms with van der Waals surface area (Å²) in [4.78, 5) is 14.1. The smallest absolute Gasteiger partial charge is 0.234 e. The average Bonchev–Trinajstić information content (AvgIpc) is 3.08. The van der Waals surface area contributed by atoms with Crippen LogP contribution in [0.25, 0.3) is 0 Å². The SMILES string of the molecule is CCCCCNC(=O)CN(CCC)CC1CC1. The Morgan fingerprint density at radius 3 is 2.59 bits per heavy atom. The zero-order valence-electron chi connectivity index (χ0n) is 11.5. The number of amides is 1. The molecular formula is C14H28N2O. The Morgan fingerprint density at radius 1 is 1.24 bits per heavy atom. The predicted molar refractivity (Wildman–Crippen MR) is 72.0 cm³/mol. The van der Waals surface area contributed by atoms with Gasteiger partial charge in [0, 0.05) is 13.1 Å². The van der Waals surface area contributed by atoms with Crippen LogP contribution in [-0.2, 0) is 4.79 Å². The van der Waals surface area contributed by atoms with Gasteiger partial charge in [0.1, 0.15) is 0 Å². The van der Waals surface area contributed by atoms with E-state index in [1.165, 1.54) is 25.7 Å². The van der Waals surface area contributed by atoms with Gasteiger partial charge in [-0.05, 0) is 38.1 Å². The number of unbranched alkanes of at least 4 members (excludes halogenated alkanes) is 2. The molecule has 0 aromatic rings. The molecule has 0 saturated heterocycles. The van der Waals surface area contributed by atoms with Crippen molar-refractivity contribution in [1.29, 1.82) is 0 Å². The number of hydrogen-bond acceptors (Lipinski definition) is 2. The van der Waals surface area contributed by atoms with Gasteiger partial charge in [-0.2, -0.15) is 0 Å². The van der Waals surface area contributed by atoms with Crippen molar-refractivity contribution in [1.82, 2.24) is 10.2 Å². The molecule has 0 aromatic heterocycles. The lowest BCUT2D eigenvalue weighted by atomic mass is 10.2. The molecule has 100 valence electrons. The van der Waals surface area contributed by atoms with E-state index in [2.05, 4.69) is 24.1 Å². The van der Waals surface area contributed by atoms with Gasteiger partial charge in [-0.15, -0.1) is 0 Å². The van der Waals surface area contributed by atoms with Gasteiger partial charge >= 0.3 is 0 Å². The van der Waals surface area contributed by atoms with Gasteiger partial charge in [0.05, 0.1) is 6.54 Å². The van der Waals surface area contributed by atoms with Crippen molar-refractivity contribution in [2.45, 2.75) is 52.4 Å². The molecule has 1 fully saturated rings. The summed E-state index contributed by atoms with van der Waals surface area (Å²) in [7, 11) is 0. The number of carbonyl (C=O) groups is 1. The molecule has 3 nitrogen and oxygen atoms in total. The first-order valence-electron chi connectivity index (χ1n) is 7.25. The van der Waals surface area contributed by atoms with Gasteiger partial charge in [-0.3, -0.25) is 9.69 Å². The number of nitrogens with one attached hydrogen (secondary N) is 1. The Morgan fingerprint density at radius 2 is 2.00 bits per heavy atom. The fourth-order valence-corrected chi connectivity index (χ4v) is 2.08. The largest absolute Gasteiger partial charge is 0.355 e. The maximum absolute atomic E-state index is 11.7. The summed E-state index contributed by atoms with van der Waals surface area (Å²) in [6, 6.07) is 0. The third kappa shape index (κ3) is 7.37. The molecule has 0 aromatic carbocycles. The molecule has 0 atom stereocenters. The second-order valence-electron chi connectivity index (χ2n) is 5.24. The van der Waals surface area contributed by atoms with Crippen molar-refractivity contribution in [3.8, 4) is 0 Å². The van der Waals surface area contributed by atoms with E-state index in [0.717, 1.165) is 38.4 Å². The van der Waals surface area contributed by atoms with Crippen LogP contribution >= 0.6 is 0 Å². The van der Waals surface area contributed by atoms with E-state index in [1.807, 2.05) is 0 Å². The molecule has 17 heavy (non-hydrogen) atoms. The van der Waals surface area contributed by atoms with Crippen molar-refractivity contribution in [3.05, 3.63) is 0 Å². The Balaban J connectivity index is 2.11. The summed E-state index contributed by atoms with van der Waals surface area (Å²) in [5.41, 5.74) is 0. The first kappa shape index (κ1) is 14.5. The molecule has 0 spiro atoms. The zero-order chi connectivity index (χ0) is 12.5. The standard InChI is InChI=1S/C14H28N2O/c1-3-5-6-9-15-14(17)12-16(10-4-2)11-13-7-8-13/h13H,3-12H2,1-2H3,(H,15,17). The summed E-state index contributed by atoms with van der Waals surface area (Å²) in [5, 5.41) is 3.02. The molecular weight excluding hydrogens is 212 g/mol.